The molecule has 214 valence electrons. The summed E-state index contributed by atoms with van der Waals surface area (Å²) in [6.45, 7) is 9.70. The van der Waals surface area contributed by atoms with Crippen molar-refractivity contribution in [3.8, 4) is 28.5 Å². The molecule has 1 aliphatic heterocycles. The Morgan fingerprint density at radius 2 is 1.68 bits per heavy atom. The Morgan fingerprint density at radius 3 is 2.27 bits per heavy atom. The highest BCUT2D eigenvalue weighted by atomic mass is 16.6. The van der Waals surface area contributed by atoms with Gasteiger partial charge in [0.1, 0.15) is 11.4 Å². The lowest BCUT2D eigenvalue weighted by Crippen LogP contribution is -2.48. The lowest BCUT2D eigenvalue weighted by Gasteiger charge is -2.40. The number of methoxy groups -OCH3 is 3. The molecule has 0 bridgehead atoms. The number of nitrogens with zero attached hydrogens (tertiary/aromatic N) is 3. The van der Waals surface area contributed by atoms with Gasteiger partial charge in [0.25, 0.3) is 0 Å². The van der Waals surface area contributed by atoms with Crippen molar-refractivity contribution in [2.45, 2.75) is 58.7 Å². The molecule has 0 saturated carbocycles. The van der Waals surface area contributed by atoms with E-state index < -0.39 is 5.60 Å². The van der Waals surface area contributed by atoms with Crippen LogP contribution in [0.2, 0.25) is 0 Å². The van der Waals surface area contributed by atoms with Gasteiger partial charge in [-0.25, -0.2) is 4.79 Å². The van der Waals surface area contributed by atoms with E-state index in [1.165, 1.54) is 0 Å². The second-order valence-corrected chi connectivity index (χ2v) is 11.1. The Balaban J connectivity index is 1.58. The van der Waals surface area contributed by atoms with Crippen LogP contribution < -0.4 is 19.1 Å². The van der Waals surface area contributed by atoms with Gasteiger partial charge in [0.05, 0.1) is 27.0 Å². The minimum absolute atomic E-state index is 0.245. The predicted octanol–water partition coefficient (Wildman–Crippen LogP) is 6.49. The number of hydrogen-bond acceptors (Lipinski definition) is 7. The Hall–Kier alpha value is -3.94. The lowest BCUT2D eigenvalue weighted by molar-refractivity contribution is 0.0204. The van der Waals surface area contributed by atoms with Crippen LogP contribution in [0.1, 0.15) is 44.7 Å². The maximum Gasteiger partial charge on any atom is 0.410 e. The number of ether oxygens (including phenoxy) is 4. The van der Waals surface area contributed by atoms with Crippen molar-refractivity contribution in [2.24, 2.45) is 0 Å². The highest BCUT2D eigenvalue weighted by Gasteiger charge is 2.30. The topological polar surface area (TPSA) is 73.4 Å². The number of likely N-dealkylation sites (tertiary alicyclic amines) is 1. The molecular formula is C32H41N3O5. The zero-order chi connectivity index (χ0) is 28.9. The molecule has 0 aliphatic carbocycles. The van der Waals surface area contributed by atoms with Gasteiger partial charge in [-0.15, -0.1) is 0 Å². The number of anilines is 1. The number of rotatable bonds is 8. The monoisotopic (exact) mass is 547 g/mol. The zero-order valence-electron chi connectivity index (χ0n) is 24.7. The molecule has 1 aromatic heterocycles. The third kappa shape index (κ3) is 6.97. The van der Waals surface area contributed by atoms with Gasteiger partial charge in [-0.3, -0.25) is 4.98 Å². The molecule has 8 nitrogen and oxygen atoms in total. The lowest BCUT2D eigenvalue weighted by atomic mass is 10.0. The largest absolute Gasteiger partial charge is 0.497 e. The number of carbonyl (C=O) groups excluding carboxylic acids is 1. The molecule has 2 aromatic carbocycles. The maximum atomic E-state index is 12.7. The van der Waals surface area contributed by atoms with Crippen molar-refractivity contribution in [1.29, 1.82) is 0 Å². The predicted molar refractivity (Wildman–Crippen MR) is 158 cm³/mol. The van der Waals surface area contributed by atoms with Crippen molar-refractivity contribution >= 4 is 11.8 Å². The van der Waals surface area contributed by atoms with Crippen molar-refractivity contribution in [2.75, 3.05) is 39.3 Å². The van der Waals surface area contributed by atoms with Crippen LogP contribution in [0, 0.1) is 6.92 Å². The summed E-state index contributed by atoms with van der Waals surface area (Å²) in [5.41, 5.74) is 4.57. The molecule has 40 heavy (non-hydrogen) atoms. The highest BCUT2D eigenvalue weighted by molar-refractivity contribution is 5.68. The van der Waals surface area contributed by atoms with Crippen LogP contribution in [0.15, 0.2) is 54.7 Å². The van der Waals surface area contributed by atoms with E-state index in [9.17, 15) is 4.79 Å². The molecule has 0 unspecified atom stereocenters. The second kappa shape index (κ2) is 12.5. The fraction of sp³-hybridized carbons (Fsp3) is 0.438. The average molecular weight is 548 g/mol. The van der Waals surface area contributed by atoms with Crippen LogP contribution in [0.4, 0.5) is 10.5 Å². The fourth-order valence-corrected chi connectivity index (χ4v) is 5.12. The molecule has 8 heteroatoms. The average Bonchev–Trinajstić information content (AvgIpc) is 2.95. The number of hydrogen-bond donors (Lipinski definition) is 0. The highest BCUT2D eigenvalue weighted by Crippen LogP contribution is 2.36. The number of benzene rings is 2. The van der Waals surface area contributed by atoms with E-state index in [4.69, 9.17) is 18.9 Å². The Bertz CT molecular complexity index is 1290. The van der Waals surface area contributed by atoms with Gasteiger partial charge in [0.15, 0.2) is 11.5 Å². The third-order valence-corrected chi connectivity index (χ3v) is 7.10. The van der Waals surface area contributed by atoms with Gasteiger partial charge in [-0.05, 0) is 100 Å². The van der Waals surface area contributed by atoms with E-state index in [0.717, 1.165) is 52.4 Å². The van der Waals surface area contributed by atoms with Gasteiger partial charge in [-0.2, -0.15) is 0 Å². The van der Waals surface area contributed by atoms with E-state index in [1.54, 1.807) is 21.3 Å². The first-order valence-electron chi connectivity index (χ1n) is 13.7. The maximum absolute atomic E-state index is 12.7. The van der Waals surface area contributed by atoms with E-state index in [-0.39, 0.29) is 12.1 Å². The van der Waals surface area contributed by atoms with Gasteiger partial charge >= 0.3 is 6.09 Å². The Morgan fingerprint density at radius 1 is 0.975 bits per heavy atom. The molecule has 4 rings (SSSR count). The molecule has 1 aliphatic rings. The van der Waals surface area contributed by atoms with Crippen LogP contribution in [0.3, 0.4) is 0 Å². The summed E-state index contributed by atoms with van der Waals surface area (Å²) in [5.74, 6) is 2.23. The van der Waals surface area contributed by atoms with Crippen LogP contribution >= 0.6 is 0 Å². The fourth-order valence-electron chi connectivity index (χ4n) is 5.12. The summed E-state index contributed by atoms with van der Waals surface area (Å²) in [7, 11) is 4.97. The summed E-state index contributed by atoms with van der Waals surface area (Å²) in [6, 6.07) is 16.7. The molecule has 3 aromatic rings. The normalized spacial score (nSPS) is 14.0. The molecule has 1 saturated heterocycles. The SMILES string of the molecule is COc1ccc(N(Cc2ccnc(-c3cc(C)c(OC)c(OC)c3)c2)C2CCN(C(=O)OC(C)(C)C)CC2)cc1. The van der Waals surface area contributed by atoms with Crippen molar-refractivity contribution in [3.63, 3.8) is 0 Å². The van der Waals surface area contributed by atoms with E-state index in [0.29, 0.717) is 25.4 Å². The minimum Gasteiger partial charge on any atom is -0.497 e. The van der Waals surface area contributed by atoms with Crippen LogP contribution in [0.25, 0.3) is 11.3 Å². The van der Waals surface area contributed by atoms with E-state index in [2.05, 4.69) is 40.2 Å². The molecular weight excluding hydrogens is 506 g/mol. The number of pyridine rings is 1. The molecule has 1 fully saturated rings. The first-order valence-corrected chi connectivity index (χ1v) is 13.7. The molecule has 0 radical (unpaired) electrons. The summed E-state index contributed by atoms with van der Waals surface area (Å²) in [5, 5.41) is 0. The summed E-state index contributed by atoms with van der Waals surface area (Å²) >= 11 is 0. The number of piperidine rings is 1. The number of amides is 1. The van der Waals surface area contributed by atoms with Gasteiger partial charge in [0, 0.05) is 43.1 Å². The van der Waals surface area contributed by atoms with Crippen LogP contribution in [-0.4, -0.2) is 62.0 Å². The van der Waals surface area contributed by atoms with Crippen molar-refractivity contribution in [3.05, 3.63) is 65.9 Å². The molecule has 0 spiro atoms. The van der Waals surface area contributed by atoms with Gasteiger partial charge in [0.2, 0.25) is 0 Å². The Kier molecular flexibility index (Phi) is 9.07. The number of aryl methyl sites for hydroxylation is 1. The van der Waals surface area contributed by atoms with Crippen LogP contribution in [-0.2, 0) is 11.3 Å². The van der Waals surface area contributed by atoms with Crippen molar-refractivity contribution in [1.82, 2.24) is 9.88 Å². The quantitative estimate of drug-likeness (QED) is 0.319. The third-order valence-electron chi connectivity index (χ3n) is 7.10. The summed E-state index contributed by atoms with van der Waals surface area (Å²) < 4.78 is 22.1. The van der Waals surface area contributed by atoms with Crippen molar-refractivity contribution < 1.29 is 23.7 Å². The first kappa shape index (κ1) is 29.1. The summed E-state index contributed by atoms with van der Waals surface area (Å²) in [6.07, 6.45) is 3.30. The van der Waals surface area contributed by atoms with E-state index >= 15 is 0 Å². The Labute approximate surface area is 237 Å². The zero-order valence-corrected chi connectivity index (χ0v) is 24.7. The number of aromatic nitrogens is 1. The smallest absolute Gasteiger partial charge is 0.410 e. The second-order valence-electron chi connectivity index (χ2n) is 11.1. The van der Waals surface area contributed by atoms with E-state index in [1.807, 2.05) is 57.0 Å². The molecule has 1 amide bonds. The summed E-state index contributed by atoms with van der Waals surface area (Å²) in [4.78, 5) is 21.6. The first-order chi connectivity index (χ1) is 19.1. The standard InChI is InChI=1S/C32H41N3O5/c1-22-18-24(20-29(38-6)30(22)39-7)28-19-23(12-15-33-28)21-35(25-8-10-27(37-5)11-9-25)26-13-16-34(17-14-26)31(36)40-32(2,3)4/h8-12,15,18-20,26H,13-14,16-17,21H2,1-7H3. The van der Waals surface area contributed by atoms with Gasteiger partial charge < -0.3 is 28.7 Å². The van der Waals surface area contributed by atoms with Gasteiger partial charge in [-0.1, -0.05) is 0 Å². The number of carbonyl (C=O) groups is 1. The minimum atomic E-state index is -0.505. The molecule has 0 N–H and O–H groups in total. The van der Waals surface area contributed by atoms with Crippen LogP contribution in [0.5, 0.6) is 17.2 Å². The molecule has 2 heterocycles. The molecule has 0 atom stereocenters.